The Labute approximate surface area is 142 Å². The van der Waals surface area contributed by atoms with Gasteiger partial charge in [0.1, 0.15) is 18.1 Å². The van der Waals surface area contributed by atoms with Crippen molar-refractivity contribution >= 4 is 11.6 Å². The Bertz CT molecular complexity index is 681. The largest absolute Gasteiger partial charge is 0.497 e. The number of benzene rings is 2. The van der Waals surface area contributed by atoms with E-state index >= 15 is 0 Å². The van der Waals surface area contributed by atoms with Gasteiger partial charge in [-0.3, -0.25) is 4.79 Å². The van der Waals surface area contributed by atoms with Crippen LogP contribution in [-0.2, 0) is 0 Å². The van der Waals surface area contributed by atoms with Gasteiger partial charge in [0, 0.05) is 18.3 Å². The first-order chi connectivity index (χ1) is 11.8. The van der Waals surface area contributed by atoms with Crippen molar-refractivity contribution in [3.63, 3.8) is 0 Å². The summed E-state index contributed by atoms with van der Waals surface area (Å²) in [5, 5.41) is 6.29. The third-order valence-corrected chi connectivity index (χ3v) is 3.83. The number of para-hydroxylation sites is 1. The van der Waals surface area contributed by atoms with Crippen molar-refractivity contribution in [2.45, 2.75) is 18.9 Å². The van der Waals surface area contributed by atoms with Crippen LogP contribution in [0.25, 0.3) is 0 Å². The van der Waals surface area contributed by atoms with Crippen LogP contribution in [0.2, 0.25) is 0 Å². The molecule has 0 radical (unpaired) electrons. The summed E-state index contributed by atoms with van der Waals surface area (Å²) < 4.78 is 10.8. The molecule has 0 unspecified atom stereocenters. The maximum absolute atomic E-state index is 12.2. The van der Waals surface area contributed by atoms with Crippen LogP contribution < -0.4 is 20.1 Å². The third-order valence-electron chi connectivity index (χ3n) is 3.83. The molecule has 0 heterocycles. The molecule has 1 amide bonds. The topological polar surface area (TPSA) is 59.6 Å². The van der Waals surface area contributed by atoms with Crippen LogP contribution in [0.5, 0.6) is 11.5 Å². The molecule has 1 aliphatic rings. The first-order valence-electron chi connectivity index (χ1n) is 8.17. The van der Waals surface area contributed by atoms with E-state index in [2.05, 4.69) is 10.6 Å². The molecule has 2 N–H and O–H groups in total. The monoisotopic (exact) mass is 326 g/mol. The van der Waals surface area contributed by atoms with Crippen molar-refractivity contribution in [3.8, 4) is 11.5 Å². The van der Waals surface area contributed by atoms with Gasteiger partial charge in [-0.05, 0) is 49.2 Å². The minimum atomic E-state index is -0.0170. The number of rotatable bonds is 8. The van der Waals surface area contributed by atoms with Crippen molar-refractivity contribution in [2.75, 3.05) is 25.6 Å². The van der Waals surface area contributed by atoms with Crippen LogP contribution in [0.1, 0.15) is 23.2 Å². The quantitative estimate of drug-likeness (QED) is 0.732. The number of methoxy groups -OCH3 is 1. The van der Waals surface area contributed by atoms with Crippen LogP contribution in [0.4, 0.5) is 5.69 Å². The molecular formula is C19H22N2O3. The second kappa shape index (κ2) is 7.73. The number of ether oxygens (including phenoxy) is 2. The van der Waals surface area contributed by atoms with E-state index < -0.39 is 0 Å². The number of carbonyl (C=O) groups is 1. The Morgan fingerprint density at radius 2 is 1.79 bits per heavy atom. The van der Waals surface area contributed by atoms with E-state index in [1.54, 1.807) is 7.11 Å². The Hall–Kier alpha value is -2.69. The SMILES string of the molecule is COc1ccc(OCCNc2ccccc2C(=O)NC2CC2)cc1. The molecule has 126 valence electrons. The fourth-order valence-corrected chi connectivity index (χ4v) is 2.35. The Kier molecular flexibility index (Phi) is 5.21. The Morgan fingerprint density at radius 3 is 2.50 bits per heavy atom. The molecule has 0 aliphatic heterocycles. The van der Waals surface area contributed by atoms with E-state index in [-0.39, 0.29) is 5.91 Å². The second-order valence-electron chi connectivity index (χ2n) is 5.74. The van der Waals surface area contributed by atoms with Crippen molar-refractivity contribution in [1.82, 2.24) is 5.32 Å². The highest BCUT2D eigenvalue weighted by Crippen LogP contribution is 2.21. The predicted molar refractivity (Wildman–Crippen MR) is 93.9 cm³/mol. The summed E-state index contributed by atoms with van der Waals surface area (Å²) in [6, 6.07) is 15.4. The predicted octanol–water partition coefficient (Wildman–Crippen LogP) is 3.08. The highest BCUT2D eigenvalue weighted by Gasteiger charge is 2.24. The molecule has 1 aliphatic carbocycles. The molecule has 1 saturated carbocycles. The van der Waals surface area contributed by atoms with Crippen molar-refractivity contribution in [3.05, 3.63) is 54.1 Å². The Morgan fingerprint density at radius 1 is 1.08 bits per heavy atom. The van der Waals surface area contributed by atoms with Gasteiger partial charge < -0.3 is 20.1 Å². The van der Waals surface area contributed by atoms with Crippen molar-refractivity contribution < 1.29 is 14.3 Å². The lowest BCUT2D eigenvalue weighted by Crippen LogP contribution is -2.26. The van der Waals surface area contributed by atoms with E-state index in [1.165, 1.54) is 0 Å². The first kappa shape index (κ1) is 16.2. The van der Waals surface area contributed by atoms with Gasteiger partial charge in [-0.25, -0.2) is 0 Å². The molecule has 5 nitrogen and oxygen atoms in total. The van der Waals surface area contributed by atoms with E-state index in [0.29, 0.717) is 24.8 Å². The molecule has 24 heavy (non-hydrogen) atoms. The summed E-state index contributed by atoms with van der Waals surface area (Å²) in [7, 11) is 1.64. The summed E-state index contributed by atoms with van der Waals surface area (Å²) >= 11 is 0. The lowest BCUT2D eigenvalue weighted by molar-refractivity contribution is 0.0952. The van der Waals surface area contributed by atoms with Crippen LogP contribution in [0.3, 0.4) is 0 Å². The molecule has 3 rings (SSSR count). The van der Waals surface area contributed by atoms with Gasteiger partial charge in [0.15, 0.2) is 0 Å². The number of amides is 1. The molecular weight excluding hydrogens is 304 g/mol. The molecule has 0 saturated heterocycles. The smallest absolute Gasteiger partial charge is 0.253 e. The van der Waals surface area contributed by atoms with Crippen LogP contribution in [0, 0.1) is 0 Å². The lowest BCUT2D eigenvalue weighted by Gasteiger charge is -2.13. The average molecular weight is 326 g/mol. The van der Waals surface area contributed by atoms with E-state index in [4.69, 9.17) is 9.47 Å². The van der Waals surface area contributed by atoms with Gasteiger partial charge in [0.25, 0.3) is 5.91 Å². The van der Waals surface area contributed by atoms with Gasteiger partial charge in [-0.2, -0.15) is 0 Å². The highest BCUT2D eigenvalue weighted by atomic mass is 16.5. The van der Waals surface area contributed by atoms with Crippen LogP contribution in [-0.4, -0.2) is 32.2 Å². The van der Waals surface area contributed by atoms with E-state index in [9.17, 15) is 4.79 Å². The third kappa shape index (κ3) is 4.41. The Balaban J connectivity index is 1.49. The fraction of sp³-hybridized carbons (Fsp3) is 0.316. The zero-order valence-electron chi connectivity index (χ0n) is 13.7. The van der Waals surface area contributed by atoms with E-state index in [1.807, 2.05) is 48.5 Å². The minimum absolute atomic E-state index is 0.0170. The van der Waals surface area contributed by atoms with Crippen LogP contribution >= 0.6 is 0 Å². The van der Waals surface area contributed by atoms with Gasteiger partial charge >= 0.3 is 0 Å². The van der Waals surface area contributed by atoms with Crippen molar-refractivity contribution in [2.24, 2.45) is 0 Å². The molecule has 2 aromatic carbocycles. The van der Waals surface area contributed by atoms with E-state index in [0.717, 1.165) is 30.0 Å². The lowest BCUT2D eigenvalue weighted by atomic mass is 10.1. The normalized spacial score (nSPS) is 13.2. The number of carbonyl (C=O) groups excluding carboxylic acids is 1. The maximum Gasteiger partial charge on any atom is 0.253 e. The molecule has 0 aromatic heterocycles. The number of hydrogen-bond donors (Lipinski definition) is 2. The molecule has 2 aromatic rings. The van der Waals surface area contributed by atoms with Crippen molar-refractivity contribution in [1.29, 1.82) is 0 Å². The standard InChI is InChI=1S/C19H22N2O3/c1-23-15-8-10-16(11-9-15)24-13-12-20-18-5-3-2-4-17(18)19(22)21-14-6-7-14/h2-5,8-11,14,20H,6-7,12-13H2,1H3,(H,21,22). The van der Waals surface area contributed by atoms with Gasteiger partial charge in [0.05, 0.1) is 12.7 Å². The summed E-state index contributed by atoms with van der Waals surface area (Å²) in [6.07, 6.45) is 2.16. The first-order valence-corrected chi connectivity index (χ1v) is 8.17. The number of nitrogens with one attached hydrogen (secondary N) is 2. The molecule has 0 spiro atoms. The molecule has 1 fully saturated rings. The second-order valence-corrected chi connectivity index (χ2v) is 5.74. The molecule has 0 atom stereocenters. The van der Waals surface area contributed by atoms with Gasteiger partial charge in [-0.15, -0.1) is 0 Å². The maximum atomic E-state index is 12.2. The highest BCUT2D eigenvalue weighted by molar-refractivity contribution is 5.99. The summed E-state index contributed by atoms with van der Waals surface area (Å²) in [6.45, 7) is 1.12. The van der Waals surface area contributed by atoms with Crippen LogP contribution in [0.15, 0.2) is 48.5 Å². The summed E-state index contributed by atoms with van der Waals surface area (Å²) in [4.78, 5) is 12.2. The summed E-state index contributed by atoms with van der Waals surface area (Å²) in [5.41, 5.74) is 1.50. The summed E-state index contributed by atoms with van der Waals surface area (Å²) in [5.74, 6) is 1.57. The zero-order chi connectivity index (χ0) is 16.8. The number of hydrogen-bond acceptors (Lipinski definition) is 4. The zero-order valence-corrected chi connectivity index (χ0v) is 13.7. The average Bonchev–Trinajstić information content (AvgIpc) is 3.43. The fourth-order valence-electron chi connectivity index (χ4n) is 2.35. The molecule has 0 bridgehead atoms. The van der Waals surface area contributed by atoms with Gasteiger partial charge in [0.2, 0.25) is 0 Å². The minimum Gasteiger partial charge on any atom is -0.497 e. The van der Waals surface area contributed by atoms with Gasteiger partial charge in [-0.1, -0.05) is 12.1 Å². The molecule has 5 heteroatoms. The number of anilines is 1.